The van der Waals surface area contributed by atoms with Crippen LogP contribution >= 0.6 is 0 Å². The summed E-state index contributed by atoms with van der Waals surface area (Å²) in [6.45, 7) is 3.84. The van der Waals surface area contributed by atoms with E-state index in [1.165, 1.54) is 12.1 Å². The molecule has 2 heterocycles. The zero-order valence-corrected chi connectivity index (χ0v) is 16.7. The molecule has 1 saturated heterocycles. The standard InChI is InChI=1S/C21H23FN2O3S/c1-14-3-9-18(10-4-14)28(25,26)24-20(16-5-7-17(22)8-6-16)11-12-21(24)19-13-15(2)27-23-19/h3-10,15,20-21H,11-13H2,1-2H3. The fourth-order valence-corrected chi connectivity index (χ4v) is 5.84. The Bertz CT molecular complexity index is 987. The van der Waals surface area contributed by atoms with Gasteiger partial charge in [-0.15, -0.1) is 0 Å². The molecule has 5 nitrogen and oxygen atoms in total. The van der Waals surface area contributed by atoms with Crippen LogP contribution in [-0.2, 0) is 14.9 Å². The van der Waals surface area contributed by atoms with Crippen molar-refractivity contribution in [3.63, 3.8) is 0 Å². The van der Waals surface area contributed by atoms with Crippen molar-refractivity contribution < 1.29 is 17.6 Å². The van der Waals surface area contributed by atoms with Crippen molar-refractivity contribution in [2.75, 3.05) is 0 Å². The Kier molecular flexibility index (Phi) is 4.97. The quantitative estimate of drug-likeness (QED) is 0.770. The molecule has 2 aliphatic heterocycles. The van der Waals surface area contributed by atoms with Crippen LogP contribution in [0, 0.1) is 12.7 Å². The van der Waals surface area contributed by atoms with Crippen molar-refractivity contribution in [2.45, 2.75) is 56.2 Å². The van der Waals surface area contributed by atoms with Gasteiger partial charge < -0.3 is 4.84 Å². The molecule has 148 valence electrons. The summed E-state index contributed by atoms with van der Waals surface area (Å²) in [6.07, 6.45) is 1.86. The molecule has 0 bridgehead atoms. The molecule has 4 rings (SSSR count). The van der Waals surface area contributed by atoms with Gasteiger partial charge in [0, 0.05) is 6.42 Å². The Balaban J connectivity index is 1.77. The third-order valence-corrected chi connectivity index (χ3v) is 7.34. The fourth-order valence-electron chi connectivity index (χ4n) is 3.99. The summed E-state index contributed by atoms with van der Waals surface area (Å²) in [5.41, 5.74) is 2.54. The fraction of sp³-hybridized carbons (Fsp3) is 0.381. The van der Waals surface area contributed by atoms with Gasteiger partial charge in [-0.3, -0.25) is 0 Å². The zero-order chi connectivity index (χ0) is 19.9. The van der Waals surface area contributed by atoms with Crippen LogP contribution in [0.1, 0.15) is 43.4 Å². The number of halogens is 1. The van der Waals surface area contributed by atoms with E-state index in [0.29, 0.717) is 19.3 Å². The van der Waals surface area contributed by atoms with Gasteiger partial charge >= 0.3 is 0 Å². The summed E-state index contributed by atoms with van der Waals surface area (Å²) in [4.78, 5) is 5.59. The van der Waals surface area contributed by atoms with Crippen molar-refractivity contribution in [1.29, 1.82) is 0 Å². The first kappa shape index (κ1) is 19.1. The highest BCUT2D eigenvalue weighted by Crippen LogP contribution is 2.42. The lowest BCUT2D eigenvalue weighted by atomic mass is 10.0. The number of oxime groups is 1. The molecular weight excluding hydrogens is 379 g/mol. The van der Waals surface area contributed by atoms with E-state index in [9.17, 15) is 12.8 Å². The summed E-state index contributed by atoms with van der Waals surface area (Å²) >= 11 is 0. The second kappa shape index (κ2) is 7.29. The number of hydrogen-bond donors (Lipinski definition) is 0. The number of rotatable bonds is 4. The van der Waals surface area contributed by atoms with Crippen LogP contribution < -0.4 is 0 Å². The van der Waals surface area contributed by atoms with Crippen LogP contribution in [0.3, 0.4) is 0 Å². The van der Waals surface area contributed by atoms with Crippen molar-refractivity contribution in [1.82, 2.24) is 4.31 Å². The average molecular weight is 402 g/mol. The van der Waals surface area contributed by atoms with E-state index in [-0.39, 0.29) is 28.9 Å². The lowest BCUT2D eigenvalue weighted by Gasteiger charge is -2.29. The highest BCUT2D eigenvalue weighted by atomic mass is 32.2. The van der Waals surface area contributed by atoms with Crippen LogP contribution in [-0.4, -0.2) is 30.6 Å². The summed E-state index contributed by atoms with van der Waals surface area (Å²) < 4.78 is 42.2. The lowest BCUT2D eigenvalue weighted by Crippen LogP contribution is -2.41. The molecular formula is C21H23FN2O3S. The molecule has 1 fully saturated rings. The zero-order valence-electron chi connectivity index (χ0n) is 15.9. The maximum atomic E-state index is 13.6. The molecule has 3 unspecified atom stereocenters. The number of nitrogens with zero attached hydrogens (tertiary/aromatic N) is 2. The maximum Gasteiger partial charge on any atom is 0.244 e. The van der Waals surface area contributed by atoms with E-state index in [0.717, 1.165) is 16.8 Å². The lowest BCUT2D eigenvalue weighted by molar-refractivity contribution is 0.0994. The van der Waals surface area contributed by atoms with Gasteiger partial charge in [-0.2, -0.15) is 4.31 Å². The minimum Gasteiger partial charge on any atom is -0.392 e. The third kappa shape index (κ3) is 3.44. The summed E-state index contributed by atoms with van der Waals surface area (Å²) in [6, 6.07) is 12.2. The molecule has 0 N–H and O–H groups in total. The number of sulfonamides is 1. The Morgan fingerprint density at radius 2 is 1.68 bits per heavy atom. The largest absolute Gasteiger partial charge is 0.392 e. The van der Waals surface area contributed by atoms with E-state index in [1.807, 2.05) is 13.8 Å². The molecule has 0 spiro atoms. The van der Waals surface area contributed by atoms with E-state index in [2.05, 4.69) is 5.16 Å². The van der Waals surface area contributed by atoms with Gasteiger partial charge in [0.25, 0.3) is 0 Å². The summed E-state index contributed by atoms with van der Waals surface area (Å²) in [5, 5.41) is 4.16. The summed E-state index contributed by atoms with van der Waals surface area (Å²) in [7, 11) is -3.76. The molecule has 0 amide bonds. The monoisotopic (exact) mass is 402 g/mol. The highest BCUT2D eigenvalue weighted by molar-refractivity contribution is 7.89. The molecule has 0 radical (unpaired) electrons. The van der Waals surface area contributed by atoms with Crippen LogP contribution in [0.25, 0.3) is 0 Å². The number of benzene rings is 2. The van der Waals surface area contributed by atoms with E-state index < -0.39 is 10.0 Å². The molecule has 0 saturated carbocycles. The number of hydrogen-bond acceptors (Lipinski definition) is 4. The summed E-state index contributed by atoms with van der Waals surface area (Å²) in [5.74, 6) is -0.339. The molecule has 7 heteroatoms. The maximum absolute atomic E-state index is 13.6. The van der Waals surface area contributed by atoms with E-state index in [4.69, 9.17) is 4.84 Å². The van der Waals surface area contributed by atoms with Gasteiger partial charge in [0.15, 0.2) is 0 Å². The molecule has 2 aromatic carbocycles. The van der Waals surface area contributed by atoms with Crippen LogP contribution in [0.2, 0.25) is 0 Å². The topological polar surface area (TPSA) is 59.0 Å². The van der Waals surface area contributed by atoms with Gasteiger partial charge in [-0.1, -0.05) is 35.0 Å². The highest BCUT2D eigenvalue weighted by Gasteiger charge is 2.46. The van der Waals surface area contributed by atoms with Gasteiger partial charge in [-0.05, 0) is 56.5 Å². The SMILES string of the molecule is Cc1ccc(S(=O)(=O)N2C(C3=NOC(C)C3)CCC2c2ccc(F)cc2)cc1. The normalized spacial score (nSPS) is 25.5. The Labute approximate surface area is 164 Å². The first-order chi connectivity index (χ1) is 13.4. The van der Waals surface area contributed by atoms with E-state index >= 15 is 0 Å². The van der Waals surface area contributed by atoms with Crippen molar-refractivity contribution in [3.8, 4) is 0 Å². The first-order valence-electron chi connectivity index (χ1n) is 9.44. The Morgan fingerprint density at radius 1 is 1.04 bits per heavy atom. The molecule has 28 heavy (non-hydrogen) atoms. The van der Waals surface area contributed by atoms with E-state index in [1.54, 1.807) is 40.7 Å². The van der Waals surface area contributed by atoms with Crippen LogP contribution in [0.4, 0.5) is 4.39 Å². The van der Waals surface area contributed by atoms with Gasteiger partial charge in [0.2, 0.25) is 10.0 Å². The van der Waals surface area contributed by atoms with Crippen molar-refractivity contribution >= 4 is 15.7 Å². The second-order valence-electron chi connectivity index (χ2n) is 7.51. The van der Waals surface area contributed by atoms with Crippen LogP contribution in [0.5, 0.6) is 0 Å². The Morgan fingerprint density at radius 3 is 2.29 bits per heavy atom. The average Bonchev–Trinajstić information content (AvgIpc) is 3.29. The minimum atomic E-state index is -3.76. The van der Waals surface area contributed by atoms with Gasteiger partial charge in [0.1, 0.15) is 11.9 Å². The minimum absolute atomic E-state index is 0.0520. The predicted molar refractivity (Wildman–Crippen MR) is 105 cm³/mol. The van der Waals surface area contributed by atoms with Crippen molar-refractivity contribution in [2.24, 2.45) is 5.16 Å². The van der Waals surface area contributed by atoms with Gasteiger partial charge in [0.05, 0.1) is 22.7 Å². The molecule has 0 aliphatic carbocycles. The van der Waals surface area contributed by atoms with Crippen LogP contribution in [0.15, 0.2) is 58.6 Å². The smallest absolute Gasteiger partial charge is 0.244 e. The second-order valence-corrected chi connectivity index (χ2v) is 9.35. The number of aryl methyl sites for hydroxylation is 1. The molecule has 2 aromatic rings. The third-order valence-electron chi connectivity index (χ3n) is 5.41. The molecule has 3 atom stereocenters. The van der Waals surface area contributed by atoms with Gasteiger partial charge in [-0.25, -0.2) is 12.8 Å². The first-order valence-corrected chi connectivity index (χ1v) is 10.9. The predicted octanol–water partition coefficient (Wildman–Crippen LogP) is 4.19. The molecule has 0 aromatic heterocycles. The Hall–Kier alpha value is -2.25. The molecule has 2 aliphatic rings. The van der Waals surface area contributed by atoms with Crippen molar-refractivity contribution in [3.05, 3.63) is 65.5 Å².